The van der Waals surface area contributed by atoms with Gasteiger partial charge < -0.3 is 11.1 Å². The van der Waals surface area contributed by atoms with Crippen LogP contribution in [0.2, 0.25) is 0 Å². The third-order valence-corrected chi connectivity index (χ3v) is 5.67. The number of fused-ring (bicyclic) bond motifs is 1. The summed E-state index contributed by atoms with van der Waals surface area (Å²) in [7, 11) is 0. The van der Waals surface area contributed by atoms with Crippen LogP contribution in [0.3, 0.4) is 0 Å². The summed E-state index contributed by atoms with van der Waals surface area (Å²) in [6.07, 6.45) is 2.88. The fourth-order valence-corrected chi connectivity index (χ4v) is 4.27. The summed E-state index contributed by atoms with van der Waals surface area (Å²) in [5.74, 6) is -0.0468. The van der Waals surface area contributed by atoms with Crippen molar-refractivity contribution >= 4 is 28.2 Å². The van der Waals surface area contributed by atoms with E-state index in [0.717, 1.165) is 24.8 Å². The van der Waals surface area contributed by atoms with Crippen LogP contribution in [0.1, 0.15) is 61.8 Å². The third-order valence-electron chi connectivity index (χ3n) is 4.50. The number of hydrogen-bond acceptors (Lipinski definition) is 3. The van der Waals surface area contributed by atoms with E-state index in [0.29, 0.717) is 16.5 Å². The molecule has 122 valence electrons. The van der Waals surface area contributed by atoms with Gasteiger partial charge in [-0.15, -0.1) is 11.3 Å². The van der Waals surface area contributed by atoms with Crippen molar-refractivity contribution in [1.29, 1.82) is 0 Å². The van der Waals surface area contributed by atoms with Gasteiger partial charge in [-0.2, -0.15) is 0 Å². The quantitative estimate of drug-likeness (QED) is 0.892. The lowest BCUT2D eigenvalue weighted by Crippen LogP contribution is -2.27. The van der Waals surface area contributed by atoms with E-state index in [9.17, 15) is 9.59 Å². The second-order valence-corrected chi connectivity index (χ2v) is 8.63. The Morgan fingerprint density at radius 1 is 1.32 bits per heavy atom. The van der Waals surface area contributed by atoms with Crippen LogP contribution in [0, 0.1) is 17.3 Å². The molecule has 0 saturated heterocycles. The number of nitrogens with two attached hydrogens (primary N) is 1. The van der Waals surface area contributed by atoms with E-state index in [1.165, 1.54) is 16.2 Å². The van der Waals surface area contributed by atoms with Gasteiger partial charge in [0, 0.05) is 10.8 Å². The van der Waals surface area contributed by atoms with E-state index in [-0.39, 0.29) is 17.2 Å². The van der Waals surface area contributed by atoms with Gasteiger partial charge in [-0.05, 0) is 36.2 Å². The molecule has 2 rings (SSSR count). The van der Waals surface area contributed by atoms with Gasteiger partial charge in [0.2, 0.25) is 5.91 Å². The molecule has 0 aliphatic heterocycles. The maximum atomic E-state index is 12.0. The van der Waals surface area contributed by atoms with Crippen LogP contribution in [0.5, 0.6) is 0 Å². The van der Waals surface area contributed by atoms with Crippen LogP contribution in [0.4, 0.5) is 5.00 Å². The van der Waals surface area contributed by atoms with E-state index in [1.54, 1.807) is 0 Å². The molecule has 1 atom stereocenters. The monoisotopic (exact) mass is 322 g/mol. The molecule has 0 fully saturated rings. The molecule has 0 unspecified atom stereocenters. The van der Waals surface area contributed by atoms with Crippen LogP contribution in [0.25, 0.3) is 0 Å². The Hall–Kier alpha value is -1.36. The minimum atomic E-state index is -0.439. The van der Waals surface area contributed by atoms with Crippen LogP contribution in [0.15, 0.2) is 0 Å². The van der Waals surface area contributed by atoms with E-state index in [2.05, 4.69) is 26.1 Å². The van der Waals surface area contributed by atoms with Crippen molar-refractivity contribution < 1.29 is 9.59 Å². The van der Waals surface area contributed by atoms with Gasteiger partial charge in [-0.25, -0.2) is 0 Å². The fraction of sp³-hybridized carbons (Fsp3) is 0.647. The molecule has 3 N–H and O–H groups in total. The molecule has 5 heteroatoms. The topological polar surface area (TPSA) is 72.2 Å². The molecule has 0 spiro atoms. The SMILES string of the molecule is CC(C)C(=O)Nc1sc2c(c1C(N)=O)CC[C@H](C(C)(C)C)C2. The second-order valence-electron chi connectivity index (χ2n) is 7.52. The number of anilines is 1. The predicted molar refractivity (Wildman–Crippen MR) is 91.3 cm³/mol. The highest BCUT2D eigenvalue weighted by molar-refractivity contribution is 7.17. The second kappa shape index (κ2) is 6.03. The van der Waals surface area contributed by atoms with Crippen molar-refractivity contribution in [3.8, 4) is 0 Å². The standard InChI is InChI=1S/C17H26N2O2S/c1-9(2)15(21)19-16-13(14(18)20)11-7-6-10(17(3,4)5)8-12(11)22-16/h9-10H,6-8H2,1-5H3,(H2,18,20)(H,19,21)/t10-/m0/s1. The number of rotatable bonds is 3. The molecule has 4 nitrogen and oxygen atoms in total. The zero-order chi connectivity index (χ0) is 16.7. The smallest absolute Gasteiger partial charge is 0.251 e. The van der Waals surface area contributed by atoms with Crippen molar-refractivity contribution in [1.82, 2.24) is 0 Å². The molecule has 1 aromatic rings. The highest BCUT2D eigenvalue weighted by Crippen LogP contribution is 2.44. The summed E-state index contributed by atoms with van der Waals surface area (Å²) in [6.45, 7) is 10.4. The van der Waals surface area contributed by atoms with Gasteiger partial charge in [0.05, 0.1) is 5.56 Å². The molecule has 2 amide bonds. The average molecular weight is 322 g/mol. The first kappa shape index (κ1) is 17.0. The van der Waals surface area contributed by atoms with Crippen LogP contribution in [-0.2, 0) is 17.6 Å². The van der Waals surface area contributed by atoms with Gasteiger partial charge in [-0.3, -0.25) is 9.59 Å². The zero-order valence-corrected chi connectivity index (χ0v) is 14.9. The maximum absolute atomic E-state index is 12.0. The Bertz CT molecular complexity index is 597. The lowest BCUT2D eigenvalue weighted by Gasteiger charge is -2.33. The normalized spacial score (nSPS) is 18.2. The Balaban J connectivity index is 2.36. The van der Waals surface area contributed by atoms with E-state index in [1.807, 2.05) is 13.8 Å². The van der Waals surface area contributed by atoms with Crippen molar-refractivity contribution in [3.05, 3.63) is 16.0 Å². The zero-order valence-electron chi connectivity index (χ0n) is 14.1. The van der Waals surface area contributed by atoms with Crippen molar-refractivity contribution in [2.45, 2.75) is 53.9 Å². The Labute approximate surface area is 136 Å². The predicted octanol–water partition coefficient (Wildman–Crippen LogP) is 3.59. The van der Waals surface area contributed by atoms with Gasteiger partial charge in [0.15, 0.2) is 0 Å². The minimum Gasteiger partial charge on any atom is -0.365 e. The largest absolute Gasteiger partial charge is 0.365 e. The number of amides is 2. The van der Waals surface area contributed by atoms with Crippen LogP contribution in [-0.4, -0.2) is 11.8 Å². The highest BCUT2D eigenvalue weighted by Gasteiger charge is 2.33. The molecule has 0 aromatic carbocycles. The number of primary amides is 1. The molecule has 0 bridgehead atoms. The molecule has 1 aromatic heterocycles. The lowest BCUT2D eigenvalue weighted by atomic mass is 9.72. The van der Waals surface area contributed by atoms with Crippen LogP contribution < -0.4 is 11.1 Å². The summed E-state index contributed by atoms with van der Waals surface area (Å²) < 4.78 is 0. The molecule has 1 heterocycles. The Kier molecular flexibility index (Phi) is 4.66. The molecular formula is C17H26N2O2S. The number of carbonyl (C=O) groups is 2. The first-order valence-corrected chi connectivity index (χ1v) is 8.68. The lowest BCUT2D eigenvalue weighted by molar-refractivity contribution is -0.118. The molecule has 0 radical (unpaired) electrons. The minimum absolute atomic E-state index is 0.0755. The average Bonchev–Trinajstić information content (AvgIpc) is 2.74. The van der Waals surface area contributed by atoms with Gasteiger partial charge >= 0.3 is 0 Å². The Morgan fingerprint density at radius 2 is 1.95 bits per heavy atom. The molecule has 1 aliphatic carbocycles. The molecule has 0 saturated carbocycles. The summed E-state index contributed by atoms with van der Waals surface area (Å²) in [5, 5.41) is 3.51. The van der Waals surface area contributed by atoms with Crippen LogP contribution >= 0.6 is 11.3 Å². The Morgan fingerprint density at radius 3 is 2.45 bits per heavy atom. The number of thiophene rings is 1. The van der Waals surface area contributed by atoms with E-state index < -0.39 is 5.91 Å². The molecule has 1 aliphatic rings. The van der Waals surface area contributed by atoms with Crippen molar-refractivity contribution in [3.63, 3.8) is 0 Å². The van der Waals surface area contributed by atoms with Crippen molar-refractivity contribution in [2.75, 3.05) is 5.32 Å². The van der Waals surface area contributed by atoms with Gasteiger partial charge in [0.25, 0.3) is 5.91 Å². The maximum Gasteiger partial charge on any atom is 0.251 e. The number of carbonyl (C=O) groups excluding carboxylic acids is 2. The van der Waals surface area contributed by atoms with Gasteiger partial charge in [-0.1, -0.05) is 34.6 Å². The first-order chi connectivity index (χ1) is 10.1. The molecular weight excluding hydrogens is 296 g/mol. The van der Waals surface area contributed by atoms with Crippen molar-refractivity contribution in [2.24, 2.45) is 23.0 Å². The first-order valence-electron chi connectivity index (χ1n) is 7.86. The van der Waals surface area contributed by atoms with E-state index in [4.69, 9.17) is 5.73 Å². The summed E-state index contributed by atoms with van der Waals surface area (Å²) >= 11 is 1.52. The summed E-state index contributed by atoms with van der Waals surface area (Å²) in [4.78, 5) is 25.0. The highest BCUT2D eigenvalue weighted by atomic mass is 32.1. The summed E-state index contributed by atoms with van der Waals surface area (Å²) in [5.41, 5.74) is 7.40. The summed E-state index contributed by atoms with van der Waals surface area (Å²) in [6, 6.07) is 0. The van der Waals surface area contributed by atoms with Gasteiger partial charge in [0.1, 0.15) is 5.00 Å². The fourth-order valence-electron chi connectivity index (χ4n) is 2.93. The third kappa shape index (κ3) is 3.35. The number of hydrogen-bond donors (Lipinski definition) is 2. The van der Waals surface area contributed by atoms with E-state index >= 15 is 0 Å². The number of nitrogens with one attached hydrogen (secondary N) is 1. The molecule has 22 heavy (non-hydrogen) atoms.